The van der Waals surface area contributed by atoms with E-state index in [2.05, 4.69) is 21.8 Å². The van der Waals surface area contributed by atoms with Crippen molar-refractivity contribution in [2.75, 3.05) is 34.2 Å². The van der Waals surface area contributed by atoms with E-state index in [0.29, 0.717) is 6.04 Å². The molecule has 1 amide bonds. The van der Waals surface area contributed by atoms with Gasteiger partial charge in [-0.05, 0) is 25.7 Å². The second-order valence-electron chi connectivity index (χ2n) is 5.91. The van der Waals surface area contributed by atoms with Crippen LogP contribution < -0.4 is 5.32 Å². The molecule has 1 saturated carbocycles. The van der Waals surface area contributed by atoms with E-state index in [1.807, 2.05) is 13.1 Å². The van der Waals surface area contributed by atoms with Crippen molar-refractivity contribution in [1.82, 2.24) is 15.1 Å². The van der Waals surface area contributed by atoms with Crippen LogP contribution in [0, 0.1) is 0 Å². The van der Waals surface area contributed by atoms with Crippen LogP contribution in [0.4, 0.5) is 0 Å². The van der Waals surface area contributed by atoms with Gasteiger partial charge in [-0.1, -0.05) is 18.9 Å². The number of nitrogens with one attached hydrogen (secondary N) is 1. The van der Waals surface area contributed by atoms with Gasteiger partial charge in [0.25, 0.3) is 0 Å². The van der Waals surface area contributed by atoms with Crippen LogP contribution in [-0.4, -0.2) is 61.9 Å². The zero-order valence-electron chi connectivity index (χ0n) is 14.2. The van der Waals surface area contributed by atoms with Crippen LogP contribution in [-0.2, 0) is 4.79 Å². The number of likely N-dealkylation sites (N-methyl/N-ethyl adjacent to an activating group) is 1. The number of rotatable bonds is 7. The Hall–Kier alpha value is -0.790. The smallest absolute Gasteiger partial charge is 0.243 e. The second-order valence-corrected chi connectivity index (χ2v) is 5.91. The highest BCUT2D eigenvalue weighted by atomic mass is 127. The summed E-state index contributed by atoms with van der Waals surface area (Å²) in [6.45, 7) is 4.87. The minimum Gasteiger partial charge on any atom is -0.354 e. The number of hydrogen-bond donors (Lipinski definition) is 1. The molecule has 1 rings (SSSR count). The van der Waals surface area contributed by atoms with Gasteiger partial charge in [0.2, 0.25) is 5.91 Å². The van der Waals surface area contributed by atoms with Crippen molar-refractivity contribution in [3.63, 3.8) is 0 Å². The summed E-state index contributed by atoms with van der Waals surface area (Å²) in [5.41, 5.74) is 0. The molecule has 0 atom stereocenters. The minimum absolute atomic E-state index is 0. The summed E-state index contributed by atoms with van der Waals surface area (Å²) in [7, 11) is 5.55. The van der Waals surface area contributed by atoms with Gasteiger partial charge in [-0.3, -0.25) is 4.79 Å². The highest BCUT2D eigenvalue weighted by Crippen LogP contribution is 2.17. The lowest BCUT2D eigenvalue weighted by atomic mass is 10.2. The molecule has 22 heavy (non-hydrogen) atoms. The minimum atomic E-state index is 0. The number of hydrogen-bond acceptors (Lipinski definition) is 2. The Morgan fingerprint density at radius 1 is 1.32 bits per heavy atom. The number of carbonyl (C=O) groups is 1. The number of halogens is 1. The predicted octanol–water partition coefficient (Wildman–Crippen LogP) is 2.48. The van der Waals surface area contributed by atoms with Crippen molar-refractivity contribution in [2.45, 2.75) is 44.6 Å². The summed E-state index contributed by atoms with van der Waals surface area (Å²) < 4.78 is 0. The lowest BCUT2D eigenvalue weighted by Crippen LogP contribution is -2.44. The molecule has 0 spiro atoms. The monoisotopic (exact) mass is 422 g/mol. The van der Waals surface area contributed by atoms with E-state index < -0.39 is 0 Å². The molecule has 0 aromatic rings. The third-order valence-corrected chi connectivity index (χ3v) is 3.81. The molecular formula is C16H31IN4O. The van der Waals surface area contributed by atoms with Crippen LogP contribution in [0.5, 0.6) is 0 Å². The van der Waals surface area contributed by atoms with Crippen LogP contribution in [0.2, 0.25) is 0 Å². The van der Waals surface area contributed by atoms with Crippen molar-refractivity contribution in [1.29, 1.82) is 0 Å². The van der Waals surface area contributed by atoms with Crippen molar-refractivity contribution in [2.24, 2.45) is 4.99 Å². The van der Waals surface area contributed by atoms with Crippen LogP contribution in [0.1, 0.15) is 38.5 Å². The van der Waals surface area contributed by atoms with Gasteiger partial charge in [0.15, 0.2) is 5.96 Å². The van der Waals surface area contributed by atoms with Crippen LogP contribution in [0.15, 0.2) is 17.6 Å². The van der Waals surface area contributed by atoms with Gasteiger partial charge < -0.3 is 15.1 Å². The molecule has 0 aromatic carbocycles. The average molecular weight is 422 g/mol. The van der Waals surface area contributed by atoms with Gasteiger partial charge in [0.1, 0.15) is 6.54 Å². The quantitative estimate of drug-likeness (QED) is 0.226. The Bertz CT molecular complexity index is 365. The maximum absolute atomic E-state index is 11.7. The molecule has 0 aliphatic heterocycles. The van der Waals surface area contributed by atoms with Crippen molar-refractivity contribution in [3.8, 4) is 0 Å². The van der Waals surface area contributed by atoms with Gasteiger partial charge in [-0.15, -0.1) is 30.6 Å². The second kappa shape index (κ2) is 11.7. The van der Waals surface area contributed by atoms with Crippen LogP contribution in [0.3, 0.4) is 0 Å². The molecule has 1 aliphatic carbocycles. The van der Waals surface area contributed by atoms with E-state index in [1.165, 1.54) is 25.7 Å². The molecule has 0 radical (unpaired) electrons. The first kappa shape index (κ1) is 21.2. The molecule has 128 valence electrons. The van der Waals surface area contributed by atoms with E-state index in [1.54, 1.807) is 19.0 Å². The highest BCUT2D eigenvalue weighted by molar-refractivity contribution is 14.0. The van der Waals surface area contributed by atoms with Gasteiger partial charge in [0, 0.05) is 33.7 Å². The maximum atomic E-state index is 11.7. The summed E-state index contributed by atoms with van der Waals surface area (Å²) in [5, 5.41) is 3.52. The molecule has 6 heteroatoms. The topological polar surface area (TPSA) is 47.9 Å². The molecular weight excluding hydrogens is 391 g/mol. The predicted molar refractivity (Wildman–Crippen MR) is 104 cm³/mol. The number of carbonyl (C=O) groups excluding carboxylic acids is 1. The number of aliphatic imine (C=N–C) groups is 1. The van der Waals surface area contributed by atoms with Crippen molar-refractivity contribution >= 4 is 35.8 Å². The fourth-order valence-electron chi connectivity index (χ4n) is 2.39. The third kappa shape index (κ3) is 8.00. The molecule has 0 saturated heterocycles. The largest absolute Gasteiger partial charge is 0.354 e. The fourth-order valence-corrected chi connectivity index (χ4v) is 2.39. The van der Waals surface area contributed by atoms with Gasteiger partial charge in [0.05, 0.1) is 0 Å². The number of allylic oxidation sites excluding steroid dienone is 1. The highest BCUT2D eigenvalue weighted by Gasteiger charge is 2.18. The van der Waals surface area contributed by atoms with Gasteiger partial charge in [-0.2, -0.15) is 0 Å². The molecule has 5 nitrogen and oxygen atoms in total. The molecule has 1 N–H and O–H groups in total. The summed E-state index contributed by atoms with van der Waals surface area (Å²) in [5.74, 6) is 0.876. The summed E-state index contributed by atoms with van der Waals surface area (Å²) >= 11 is 0. The Labute approximate surface area is 152 Å². The maximum Gasteiger partial charge on any atom is 0.243 e. The van der Waals surface area contributed by atoms with Crippen LogP contribution >= 0.6 is 24.0 Å². The van der Waals surface area contributed by atoms with E-state index >= 15 is 0 Å². The van der Waals surface area contributed by atoms with E-state index in [-0.39, 0.29) is 36.4 Å². The Balaban J connectivity index is 0.00000441. The number of nitrogens with zero attached hydrogens (tertiary/aromatic N) is 3. The summed E-state index contributed by atoms with van der Waals surface area (Å²) in [6.07, 6.45) is 8.93. The Morgan fingerprint density at radius 2 is 1.95 bits per heavy atom. The van der Waals surface area contributed by atoms with E-state index in [9.17, 15) is 4.79 Å². The molecule has 0 aromatic heterocycles. The van der Waals surface area contributed by atoms with Crippen molar-refractivity contribution in [3.05, 3.63) is 12.7 Å². The molecule has 1 fully saturated rings. The standard InChI is InChI=1S/C16H30N4O.HI/c1-5-6-9-12-20(4)16(17-13-15(21)19(2)3)18-14-10-7-8-11-14;/h5,14H,1,6-13H2,2-4H3,(H,17,18);1H. The lowest BCUT2D eigenvalue weighted by Gasteiger charge is -2.25. The Morgan fingerprint density at radius 3 is 2.50 bits per heavy atom. The van der Waals surface area contributed by atoms with Gasteiger partial charge in [-0.25, -0.2) is 4.99 Å². The molecule has 0 heterocycles. The fraction of sp³-hybridized carbons (Fsp3) is 0.750. The molecule has 0 bridgehead atoms. The normalized spacial score (nSPS) is 15.1. The number of guanidine groups is 1. The van der Waals surface area contributed by atoms with E-state index in [0.717, 1.165) is 25.3 Å². The van der Waals surface area contributed by atoms with E-state index in [4.69, 9.17) is 0 Å². The van der Waals surface area contributed by atoms with Crippen molar-refractivity contribution < 1.29 is 4.79 Å². The van der Waals surface area contributed by atoms with Gasteiger partial charge >= 0.3 is 0 Å². The SMILES string of the molecule is C=CCCCN(C)C(=NCC(=O)N(C)C)NC1CCCC1.I. The average Bonchev–Trinajstić information content (AvgIpc) is 2.95. The first-order chi connectivity index (χ1) is 10.0. The number of amides is 1. The summed E-state index contributed by atoms with van der Waals surface area (Å²) in [6, 6.07) is 0.500. The zero-order chi connectivity index (χ0) is 15.7. The molecule has 0 unspecified atom stereocenters. The lowest BCUT2D eigenvalue weighted by molar-refractivity contribution is -0.127. The zero-order valence-corrected chi connectivity index (χ0v) is 16.5. The summed E-state index contributed by atoms with van der Waals surface area (Å²) in [4.78, 5) is 19.9. The Kier molecular flexibility index (Phi) is 11.3. The van der Waals surface area contributed by atoms with Crippen LogP contribution in [0.25, 0.3) is 0 Å². The first-order valence-electron chi connectivity index (χ1n) is 7.87. The molecule has 1 aliphatic rings. The third-order valence-electron chi connectivity index (χ3n) is 3.81. The first-order valence-corrected chi connectivity index (χ1v) is 7.87. The number of unbranched alkanes of at least 4 members (excludes halogenated alkanes) is 1.